The first-order valence-corrected chi connectivity index (χ1v) is 8.40. The van der Waals surface area contributed by atoms with E-state index in [2.05, 4.69) is 10.2 Å². The first kappa shape index (κ1) is 15.9. The lowest BCUT2D eigenvalue weighted by molar-refractivity contribution is 0.576. The van der Waals surface area contributed by atoms with Crippen LogP contribution in [0.2, 0.25) is 5.02 Å². The lowest BCUT2D eigenvalue weighted by atomic mass is 10.1. The highest BCUT2D eigenvalue weighted by Gasteiger charge is 2.26. The lowest BCUT2D eigenvalue weighted by Gasteiger charge is -2.12. The van der Waals surface area contributed by atoms with Crippen LogP contribution in [0.4, 0.5) is 4.39 Å². The predicted octanol–water partition coefficient (Wildman–Crippen LogP) is 2.33. The largest absolute Gasteiger partial charge is 0.320 e. The van der Waals surface area contributed by atoms with E-state index in [1.165, 1.54) is 18.5 Å². The Hall–Kier alpha value is -1.47. The third-order valence-corrected chi connectivity index (χ3v) is 5.76. The van der Waals surface area contributed by atoms with Gasteiger partial charge in [-0.3, -0.25) is 0 Å². The fraction of sp³-hybridized carbons (Fsp3) is 0.385. The summed E-state index contributed by atoms with van der Waals surface area (Å²) in [5, 5.41) is 6.90. The van der Waals surface area contributed by atoms with Crippen LogP contribution in [0, 0.1) is 5.82 Å². The molecule has 114 valence electrons. The van der Waals surface area contributed by atoms with Crippen molar-refractivity contribution in [2.24, 2.45) is 7.05 Å². The third-order valence-electron chi connectivity index (χ3n) is 3.35. The number of hydrogen-bond donors (Lipinski definition) is 0. The van der Waals surface area contributed by atoms with Gasteiger partial charge in [0.15, 0.2) is 15.7 Å². The van der Waals surface area contributed by atoms with E-state index in [1.54, 1.807) is 24.6 Å². The first-order chi connectivity index (χ1) is 9.83. The number of halogens is 2. The molecular formula is C13H15ClFN3O2S. The molecule has 0 aliphatic rings. The zero-order valence-corrected chi connectivity index (χ0v) is 13.2. The summed E-state index contributed by atoms with van der Waals surface area (Å²) in [7, 11) is -1.81. The van der Waals surface area contributed by atoms with Crippen molar-refractivity contribution in [2.75, 3.05) is 5.75 Å². The number of rotatable bonds is 5. The van der Waals surface area contributed by atoms with Gasteiger partial charge in [-0.25, -0.2) is 12.8 Å². The van der Waals surface area contributed by atoms with E-state index in [4.69, 9.17) is 11.6 Å². The smallest absolute Gasteiger partial charge is 0.160 e. The second-order valence-electron chi connectivity index (χ2n) is 4.76. The van der Waals surface area contributed by atoms with Crippen molar-refractivity contribution in [2.45, 2.75) is 18.6 Å². The molecule has 1 aromatic carbocycles. The highest BCUT2D eigenvalue weighted by Crippen LogP contribution is 2.24. The minimum absolute atomic E-state index is 0.0238. The van der Waals surface area contributed by atoms with Crippen LogP contribution in [0.25, 0.3) is 0 Å². The fourth-order valence-corrected chi connectivity index (χ4v) is 3.65. The number of benzene rings is 1. The molecule has 1 heterocycles. The molecule has 2 rings (SSSR count). The summed E-state index contributed by atoms with van der Waals surface area (Å²) in [5.74, 6) is -0.347. The molecule has 1 aromatic heterocycles. The maximum Gasteiger partial charge on any atom is 0.160 e. The fourth-order valence-electron chi connectivity index (χ4n) is 2.01. The Morgan fingerprint density at radius 3 is 2.71 bits per heavy atom. The number of nitrogens with zero attached hydrogens (tertiary/aromatic N) is 3. The number of aromatic nitrogens is 3. The Balaban J connectivity index is 2.17. The second kappa shape index (κ2) is 6.11. The van der Waals surface area contributed by atoms with Gasteiger partial charge in [0.05, 0.1) is 5.75 Å². The van der Waals surface area contributed by atoms with E-state index in [1.807, 2.05) is 0 Å². The summed E-state index contributed by atoms with van der Waals surface area (Å²) in [6.07, 6.45) is 1.46. The average Bonchev–Trinajstić information content (AvgIpc) is 2.83. The van der Waals surface area contributed by atoms with Gasteiger partial charge in [0, 0.05) is 17.6 Å². The summed E-state index contributed by atoms with van der Waals surface area (Å²) in [6.45, 7) is 1.54. The summed E-state index contributed by atoms with van der Waals surface area (Å²) in [5.41, 5.74) is 0.216. The minimum atomic E-state index is -3.49. The maximum absolute atomic E-state index is 13.7. The normalized spacial score (nSPS) is 13.3. The molecule has 0 N–H and O–H groups in total. The molecule has 1 unspecified atom stereocenters. The van der Waals surface area contributed by atoms with Gasteiger partial charge in [0.1, 0.15) is 17.4 Å². The average molecular weight is 332 g/mol. The van der Waals surface area contributed by atoms with E-state index >= 15 is 0 Å². The predicted molar refractivity (Wildman–Crippen MR) is 78.3 cm³/mol. The first-order valence-electron chi connectivity index (χ1n) is 6.31. The van der Waals surface area contributed by atoms with Crippen LogP contribution in [0.3, 0.4) is 0 Å². The van der Waals surface area contributed by atoms with E-state index in [9.17, 15) is 12.8 Å². The maximum atomic E-state index is 13.7. The van der Waals surface area contributed by atoms with E-state index in [0.29, 0.717) is 5.82 Å². The molecule has 0 amide bonds. The molecule has 0 radical (unpaired) electrons. The zero-order valence-electron chi connectivity index (χ0n) is 11.6. The Morgan fingerprint density at radius 2 is 2.14 bits per heavy atom. The summed E-state index contributed by atoms with van der Waals surface area (Å²) < 4.78 is 39.9. The van der Waals surface area contributed by atoms with Crippen LogP contribution in [-0.2, 0) is 23.3 Å². The van der Waals surface area contributed by atoms with Crippen molar-refractivity contribution in [3.05, 3.63) is 46.8 Å². The Morgan fingerprint density at radius 1 is 1.43 bits per heavy atom. The van der Waals surface area contributed by atoms with Crippen molar-refractivity contribution in [3.8, 4) is 0 Å². The highest BCUT2D eigenvalue weighted by molar-refractivity contribution is 7.91. The SMILES string of the molecule is CC(c1nncn1C)S(=O)(=O)CCc1c(F)cccc1Cl. The van der Waals surface area contributed by atoms with Gasteiger partial charge < -0.3 is 4.57 Å². The van der Waals surface area contributed by atoms with Crippen LogP contribution < -0.4 is 0 Å². The highest BCUT2D eigenvalue weighted by atomic mass is 35.5. The van der Waals surface area contributed by atoms with Crippen molar-refractivity contribution in [1.29, 1.82) is 0 Å². The van der Waals surface area contributed by atoms with Crippen molar-refractivity contribution in [1.82, 2.24) is 14.8 Å². The topological polar surface area (TPSA) is 64.8 Å². The van der Waals surface area contributed by atoms with Gasteiger partial charge in [-0.15, -0.1) is 10.2 Å². The molecule has 5 nitrogen and oxygen atoms in total. The van der Waals surface area contributed by atoms with Crippen LogP contribution >= 0.6 is 11.6 Å². The van der Waals surface area contributed by atoms with Gasteiger partial charge in [0.25, 0.3) is 0 Å². The molecule has 0 saturated heterocycles. The lowest BCUT2D eigenvalue weighted by Crippen LogP contribution is -2.19. The van der Waals surface area contributed by atoms with Gasteiger partial charge in [-0.1, -0.05) is 17.7 Å². The van der Waals surface area contributed by atoms with E-state index in [0.717, 1.165) is 0 Å². The number of hydrogen-bond acceptors (Lipinski definition) is 4. The van der Waals surface area contributed by atoms with Crippen LogP contribution in [0.1, 0.15) is 23.6 Å². The molecule has 0 aliphatic carbocycles. The summed E-state index contributed by atoms with van der Waals surface area (Å²) in [6, 6.07) is 4.29. The molecule has 0 fully saturated rings. The molecule has 0 saturated carbocycles. The standard InChI is InChI=1S/C13H15ClFN3O2S/c1-9(13-17-16-8-18(13)2)21(19,20)7-6-10-11(14)4-3-5-12(10)15/h3-5,8-9H,6-7H2,1-2H3. The Bertz CT molecular complexity index is 725. The molecule has 0 aliphatic heterocycles. The number of aryl methyl sites for hydroxylation is 1. The zero-order chi connectivity index (χ0) is 15.6. The van der Waals surface area contributed by atoms with Crippen LogP contribution in [0.15, 0.2) is 24.5 Å². The Labute approximate surface area is 127 Å². The quantitative estimate of drug-likeness (QED) is 0.843. The van der Waals surface area contributed by atoms with Gasteiger partial charge in [-0.2, -0.15) is 0 Å². The summed E-state index contributed by atoms with van der Waals surface area (Å²) >= 11 is 5.90. The van der Waals surface area contributed by atoms with E-state index < -0.39 is 20.9 Å². The molecule has 1 atom stereocenters. The van der Waals surface area contributed by atoms with Crippen molar-refractivity contribution >= 4 is 21.4 Å². The Kier molecular flexibility index (Phi) is 4.63. The van der Waals surface area contributed by atoms with Gasteiger partial charge >= 0.3 is 0 Å². The molecule has 0 bridgehead atoms. The molecule has 2 aromatic rings. The minimum Gasteiger partial charge on any atom is -0.320 e. The van der Waals surface area contributed by atoms with Crippen LogP contribution in [-0.4, -0.2) is 28.9 Å². The molecular weight excluding hydrogens is 317 g/mol. The molecule has 8 heteroatoms. The van der Waals surface area contributed by atoms with Gasteiger partial charge in [-0.05, 0) is 25.5 Å². The second-order valence-corrected chi connectivity index (χ2v) is 7.61. The van der Waals surface area contributed by atoms with Crippen LogP contribution in [0.5, 0.6) is 0 Å². The number of sulfone groups is 1. The molecule has 0 spiro atoms. The van der Waals surface area contributed by atoms with Gasteiger partial charge in [0.2, 0.25) is 0 Å². The van der Waals surface area contributed by atoms with Crippen molar-refractivity contribution < 1.29 is 12.8 Å². The summed E-state index contributed by atoms with van der Waals surface area (Å²) in [4.78, 5) is 0. The molecule has 21 heavy (non-hydrogen) atoms. The third kappa shape index (κ3) is 3.41. The van der Waals surface area contributed by atoms with E-state index in [-0.39, 0.29) is 22.8 Å². The van der Waals surface area contributed by atoms with Crippen molar-refractivity contribution in [3.63, 3.8) is 0 Å². The monoisotopic (exact) mass is 331 g/mol.